The summed E-state index contributed by atoms with van der Waals surface area (Å²) < 4.78 is 5.24. The van der Waals surface area contributed by atoms with Crippen LogP contribution >= 0.6 is 0 Å². The van der Waals surface area contributed by atoms with Crippen molar-refractivity contribution in [3.05, 3.63) is 28.8 Å². The standard InChI is InChI=1S/C14H21NO3/c1-9-10(2)12(18-4)6-5-11(9)14(3,7-8-15)13(16)17/h5-6H,7-8,15H2,1-4H3,(H,16,17). The van der Waals surface area contributed by atoms with Crippen LogP contribution in [0.25, 0.3) is 0 Å². The Morgan fingerprint density at radius 2 is 2.00 bits per heavy atom. The number of methoxy groups -OCH3 is 1. The van der Waals surface area contributed by atoms with Gasteiger partial charge in [0.05, 0.1) is 12.5 Å². The van der Waals surface area contributed by atoms with Gasteiger partial charge in [0, 0.05) is 0 Å². The van der Waals surface area contributed by atoms with Gasteiger partial charge in [-0.25, -0.2) is 0 Å². The zero-order valence-corrected chi connectivity index (χ0v) is 11.4. The van der Waals surface area contributed by atoms with Crippen molar-refractivity contribution in [1.29, 1.82) is 0 Å². The molecule has 0 heterocycles. The van der Waals surface area contributed by atoms with E-state index in [1.165, 1.54) is 0 Å². The largest absolute Gasteiger partial charge is 0.496 e. The van der Waals surface area contributed by atoms with Crippen molar-refractivity contribution in [1.82, 2.24) is 0 Å². The Kier molecular flexibility index (Phi) is 4.35. The molecule has 1 unspecified atom stereocenters. The van der Waals surface area contributed by atoms with Gasteiger partial charge in [-0.3, -0.25) is 4.79 Å². The van der Waals surface area contributed by atoms with E-state index in [-0.39, 0.29) is 0 Å². The van der Waals surface area contributed by atoms with Gasteiger partial charge in [-0.1, -0.05) is 6.07 Å². The molecule has 100 valence electrons. The summed E-state index contributed by atoms with van der Waals surface area (Å²) in [5, 5.41) is 9.47. The zero-order valence-electron chi connectivity index (χ0n) is 11.4. The van der Waals surface area contributed by atoms with Gasteiger partial charge in [0.1, 0.15) is 5.75 Å². The molecule has 0 spiro atoms. The van der Waals surface area contributed by atoms with Gasteiger partial charge in [0.25, 0.3) is 0 Å². The van der Waals surface area contributed by atoms with E-state index in [1.54, 1.807) is 14.0 Å². The van der Waals surface area contributed by atoms with Gasteiger partial charge in [-0.15, -0.1) is 0 Å². The molecule has 0 fully saturated rings. The number of carboxylic acid groups (broad SMARTS) is 1. The maximum atomic E-state index is 11.5. The Bertz CT molecular complexity index is 457. The number of rotatable bonds is 5. The first-order valence-electron chi connectivity index (χ1n) is 5.96. The average molecular weight is 251 g/mol. The number of carbonyl (C=O) groups is 1. The van der Waals surface area contributed by atoms with Crippen LogP contribution in [0.5, 0.6) is 5.75 Å². The molecule has 1 aromatic carbocycles. The number of hydrogen-bond donors (Lipinski definition) is 2. The summed E-state index contributed by atoms with van der Waals surface area (Å²) in [4.78, 5) is 11.5. The minimum atomic E-state index is -0.949. The first-order valence-corrected chi connectivity index (χ1v) is 5.96. The van der Waals surface area contributed by atoms with Gasteiger partial charge in [0.15, 0.2) is 0 Å². The second-order valence-electron chi connectivity index (χ2n) is 4.74. The molecule has 0 bridgehead atoms. The van der Waals surface area contributed by atoms with Crippen LogP contribution in [0, 0.1) is 13.8 Å². The van der Waals surface area contributed by atoms with Crippen molar-refractivity contribution >= 4 is 5.97 Å². The van der Waals surface area contributed by atoms with Crippen LogP contribution in [0.4, 0.5) is 0 Å². The van der Waals surface area contributed by atoms with Crippen molar-refractivity contribution in [2.75, 3.05) is 13.7 Å². The SMILES string of the molecule is COc1ccc(C(C)(CCN)C(=O)O)c(C)c1C. The third kappa shape index (κ3) is 2.34. The summed E-state index contributed by atoms with van der Waals surface area (Å²) in [6.45, 7) is 5.91. The molecule has 1 rings (SSSR count). The van der Waals surface area contributed by atoms with Crippen LogP contribution in [0.2, 0.25) is 0 Å². The molecule has 4 nitrogen and oxygen atoms in total. The van der Waals surface area contributed by atoms with E-state index in [0.717, 1.165) is 22.4 Å². The third-order valence-corrected chi connectivity index (χ3v) is 3.67. The molecule has 0 radical (unpaired) electrons. The maximum absolute atomic E-state index is 11.5. The number of hydrogen-bond acceptors (Lipinski definition) is 3. The van der Waals surface area contributed by atoms with Crippen molar-refractivity contribution in [2.24, 2.45) is 5.73 Å². The summed E-state index contributed by atoms with van der Waals surface area (Å²) in [5.74, 6) is -0.0719. The molecule has 0 aliphatic carbocycles. The molecule has 0 aromatic heterocycles. The molecular weight excluding hydrogens is 230 g/mol. The first kappa shape index (κ1) is 14.5. The van der Waals surface area contributed by atoms with Crippen molar-refractivity contribution in [3.8, 4) is 5.75 Å². The number of aliphatic carboxylic acids is 1. The molecule has 0 aliphatic rings. The predicted molar refractivity (Wildman–Crippen MR) is 71.1 cm³/mol. The fraction of sp³-hybridized carbons (Fsp3) is 0.500. The van der Waals surface area contributed by atoms with Crippen molar-refractivity contribution in [3.63, 3.8) is 0 Å². The fourth-order valence-electron chi connectivity index (χ4n) is 2.26. The number of ether oxygens (including phenoxy) is 1. The lowest BCUT2D eigenvalue weighted by Gasteiger charge is -2.27. The van der Waals surface area contributed by atoms with E-state index in [9.17, 15) is 9.90 Å². The lowest BCUT2D eigenvalue weighted by molar-refractivity contribution is -0.143. The van der Waals surface area contributed by atoms with E-state index in [0.29, 0.717) is 13.0 Å². The lowest BCUT2D eigenvalue weighted by Crippen LogP contribution is -2.35. The summed E-state index contributed by atoms with van der Waals surface area (Å²) in [5.41, 5.74) is 7.33. The summed E-state index contributed by atoms with van der Waals surface area (Å²) in [6, 6.07) is 3.64. The average Bonchev–Trinajstić information content (AvgIpc) is 2.32. The Morgan fingerprint density at radius 1 is 1.39 bits per heavy atom. The highest BCUT2D eigenvalue weighted by molar-refractivity contribution is 5.81. The highest BCUT2D eigenvalue weighted by atomic mass is 16.5. The molecule has 0 saturated heterocycles. The summed E-state index contributed by atoms with van der Waals surface area (Å²) in [7, 11) is 1.61. The molecule has 1 atom stereocenters. The highest BCUT2D eigenvalue weighted by Crippen LogP contribution is 2.34. The van der Waals surface area contributed by atoms with E-state index in [4.69, 9.17) is 10.5 Å². The Labute approximate surface area is 108 Å². The quantitative estimate of drug-likeness (QED) is 0.839. The second-order valence-corrected chi connectivity index (χ2v) is 4.74. The van der Waals surface area contributed by atoms with Gasteiger partial charge in [0.2, 0.25) is 0 Å². The normalized spacial score (nSPS) is 14.1. The van der Waals surface area contributed by atoms with Crippen molar-refractivity contribution < 1.29 is 14.6 Å². The van der Waals surface area contributed by atoms with E-state index in [1.807, 2.05) is 26.0 Å². The van der Waals surface area contributed by atoms with Crippen LogP contribution in [0.1, 0.15) is 30.0 Å². The molecule has 4 heteroatoms. The van der Waals surface area contributed by atoms with Crippen LogP contribution in [-0.2, 0) is 10.2 Å². The van der Waals surface area contributed by atoms with Crippen LogP contribution in [0.3, 0.4) is 0 Å². The van der Waals surface area contributed by atoms with Crippen LogP contribution < -0.4 is 10.5 Å². The minimum absolute atomic E-state index is 0.341. The molecule has 0 saturated carbocycles. The zero-order chi connectivity index (χ0) is 13.9. The minimum Gasteiger partial charge on any atom is -0.496 e. The van der Waals surface area contributed by atoms with Crippen LogP contribution in [-0.4, -0.2) is 24.7 Å². The first-order chi connectivity index (χ1) is 8.38. The Balaban J connectivity index is 3.39. The second kappa shape index (κ2) is 5.40. The molecular formula is C14H21NO3. The fourth-order valence-corrected chi connectivity index (χ4v) is 2.26. The van der Waals surface area contributed by atoms with Gasteiger partial charge in [-0.2, -0.15) is 0 Å². The Hall–Kier alpha value is -1.55. The summed E-state index contributed by atoms with van der Waals surface area (Å²) in [6.07, 6.45) is 0.412. The Morgan fingerprint density at radius 3 is 2.44 bits per heavy atom. The summed E-state index contributed by atoms with van der Waals surface area (Å²) >= 11 is 0. The molecule has 1 aromatic rings. The molecule has 18 heavy (non-hydrogen) atoms. The van der Waals surface area contributed by atoms with Crippen LogP contribution in [0.15, 0.2) is 12.1 Å². The van der Waals surface area contributed by atoms with E-state index >= 15 is 0 Å². The van der Waals surface area contributed by atoms with Gasteiger partial charge < -0.3 is 15.6 Å². The van der Waals surface area contributed by atoms with Gasteiger partial charge in [-0.05, 0) is 56.5 Å². The van der Waals surface area contributed by atoms with E-state index in [2.05, 4.69) is 0 Å². The lowest BCUT2D eigenvalue weighted by atomic mass is 9.76. The smallest absolute Gasteiger partial charge is 0.313 e. The van der Waals surface area contributed by atoms with E-state index < -0.39 is 11.4 Å². The molecule has 0 amide bonds. The maximum Gasteiger partial charge on any atom is 0.313 e. The molecule has 3 N–H and O–H groups in total. The number of benzene rings is 1. The highest BCUT2D eigenvalue weighted by Gasteiger charge is 2.36. The number of carboxylic acids is 1. The predicted octanol–water partition coefficient (Wildman–Crippen LogP) is 2.00. The topological polar surface area (TPSA) is 72.5 Å². The third-order valence-electron chi connectivity index (χ3n) is 3.67. The molecule has 0 aliphatic heterocycles. The number of nitrogens with two attached hydrogens (primary N) is 1. The van der Waals surface area contributed by atoms with Gasteiger partial charge >= 0.3 is 5.97 Å². The monoisotopic (exact) mass is 251 g/mol. The van der Waals surface area contributed by atoms with Crippen molar-refractivity contribution in [2.45, 2.75) is 32.6 Å².